The fraction of sp³-hybridized carbons (Fsp3) is 0.455. The fourth-order valence-corrected chi connectivity index (χ4v) is 11.9. The molecular weight excluding hydrogens is 618 g/mol. The molecule has 258 valence electrons. The third-order valence-corrected chi connectivity index (χ3v) is 14.3. The summed E-state index contributed by atoms with van der Waals surface area (Å²) in [5.74, 6) is 0.466. The van der Waals surface area contributed by atoms with Gasteiger partial charge in [-0.1, -0.05) is 155 Å². The maximum atomic E-state index is 9.14. The summed E-state index contributed by atoms with van der Waals surface area (Å²) in [5, 5.41) is 26.4. The third-order valence-electron chi connectivity index (χ3n) is 10.8. The average Bonchev–Trinajstić information content (AvgIpc) is 3.07. The SMILES string of the molecule is CC(C)(C)c1cc(P(C2CCCCC2)C2CCCCC2)cc(C(C)(C)C)c1.OB(O)Oc1cccc2ccc3cc4ccccc4cc3c12. The second-order valence-electron chi connectivity index (χ2n) is 16.5. The van der Waals surface area contributed by atoms with Gasteiger partial charge in [0.2, 0.25) is 0 Å². The topological polar surface area (TPSA) is 49.7 Å². The standard InChI is InChI=1S/C26H43P.C18H13BO3/c1-25(2,3)20-17-21(26(4,5)6)19-24(18-20)27(22-13-9-7-10-14-22)23-15-11-8-12-16-23;20-19(21)22-17-7-3-6-12-8-9-15-10-13-4-1-2-5-14(13)11-16(15)18(12)17/h17-19,22-23H,7-16H2,1-6H3;1-11,20-21H. The number of hydrogen-bond donors (Lipinski definition) is 2. The Hall–Kier alpha value is -2.91. The molecule has 0 atom stereocenters. The summed E-state index contributed by atoms with van der Waals surface area (Å²) in [6, 6.07) is 29.9. The molecule has 0 amide bonds. The number of benzene rings is 5. The third kappa shape index (κ3) is 8.53. The number of rotatable bonds is 5. The van der Waals surface area contributed by atoms with Gasteiger partial charge in [0.1, 0.15) is 5.75 Å². The van der Waals surface area contributed by atoms with Crippen LogP contribution in [-0.4, -0.2) is 28.7 Å². The molecule has 0 unspecified atom stereocenters. The van der Waals surface area contributed by atoms with Crippen molar-refractivity contribution in [2.45, 2.75) is 128 Å². The van der Waals surface area contributed by atoms with Crippen molar-refractivity contribution in [1.29, 1.82) is 0 Å². The first-order valence-corrected chi connectivity index (χ1v) is 20.2. The van der Waals surface area contributed by atoms with E-state index in [0.29, 0.717) is 5.75 Å². The van der Waals surface area contributed by atoms with Crippen molar-refractivity contribution in [2.75, 3.05) is 0 Å². The van der Waals surface area contributed by atoms with Crippen molar-refractivity contribution in [3.63, 3.8) is 0 Å². The minimum absolute atomic E-state index is 0.0188. The summed E-state index contributed by atoms with van der Waals surface area (Å²) >= 11 is 0. The van der Waals surface area contributed by atoms with Crippen LogP contribution < -0.4 is 9.96 Å². The molecule has 2 saturated carbocycles. The molecule has 2 aliphatic carbocycles. The average molecular weight is 675 g/mol. The Bertz CT molecular complexity index is 1820. The van der Waals surface area contributed by atoms with Gasteiger partial charge in [0.15, 0.2) is 0 Å². The molecular formula is C44H56BO3P. The Kier molecular flexibility index (Phi) is 11.1. The zero-order valence-corrected chi connectivity index (χ0v) is 31.5. The summed E-state index contributed by atoms with van der Waals surface area (Å²) in [7, 11) is -1.85. The molecule has 0 bridgehead atoms. The molecule has 0 aromatic heterocycles. The van der Waals surface area contributed by atoms with E-state index in [1.54, 1.807) is 22.5 Å². The normalized spacial score (nSPS) is 16.6. The van der Waals surface area contributed by atoms with E-state index < -0.39 is 7.32 Å². The van der Waals surface area contributed by atoms with Crippen LogP contribution in [0.15, 0.2) is 84.9 Å². The van der Waals surface area contributed by atoms with Crippen molar-refractivity contribution >= 4 is 52.9 Å². The largest absolute Gasteiger partial charge is 0.707 e. The molecule has 2 N–H and O–H groups in total. The monoisotopic (exact) mass is 674 g/mol. The molecule has 2 fully saturated rings. The second-order valence-corrected chi connectivity index (χ2v) is 19.3. The molecule has 5 aromatic carbocycles. The van der Waals surface area contributed by atoms with Crippen LogP contribution in [0.3, 0.4) is 0 Å². The predicted molar refractivity (Wildman–Crippen MR) is 214 cm³/mol. The van der Waals surface area contributed by atoms with E-state index in [4.69, 9.17) is 14.7 Å². The van der Waals surface area contributed by atoms with Gasteiger partial charge >= 0.3 is 7.32 Å². The van der Waals surface area contributed by atoms with Gasteiger partial charge in [0.25, 0.3) is 0 Å². The van der Waals surface area contributed by atoms with Crippen molar-refractivity contribution in [3.8, 4) is 5.75 Å². The molecule has 3 nitrogen and oxygen atoms in total. The maximum absolute atomic E-state index is 9.14. The highest BCUT2D eigenvalue weighted by molar-refractivity contribution is 7.67. The van der Waals surface area contributed by atoms with E-state index in [2.05, 4.69) is 90.1 Å². The lowest BCUT2D eigenvalue weighted by Gasteiger charge is -2.40. The molecule has 7 rings (SSSR count). The Morgan fingerprint density at radius 3 is 1.61 bits per heavy atom. The first kappa shape index (κ1) is 35.9. The summed E-state index contributed by atoms with van der Waals surface area (Å²) < 4.78 is 5.16. The van der Waals surface area contributed by atoms with E-state index in [1.165, 1.54) is 69.6 Å². The highest BCUT2D eigenvalue weighted by Gasteiger charge is 2.34. The lowest BCUT2D eigenvalue weighted by molar-refractivity contribution is 0.289. The highest BCUT2D eigenvalue weighted by atomic mass is 31.1. The van der Waals surface area contributed by atoms with Gasteiger partial charge in [-0.25, -0.2) is 0 Å². The zero-order valence-electron chi connectivity index (χ0n) is 30.6. The van der Waals surface area contributed by atoms with Gasteiger partial charge in [-0.2, -0.15) is 0 Å². The van der Waals surface area contributed by atoms with Crippen molar-refractivity contribution < 1.29 is 14.7 Å². The van der Waals surface area contributed by atoms with Crippen LogP contribution in [-0.2, 0) is 10.8 Å². The van der Waals surface area contributed by atoms with Crippen LogP contribution in [0.1, 0.15) is 117 Å². The van der Waals surface area contributed by atoms with Crippen molar-refractivity contribution in [3.05, 3.63) is 96.1 Å². The van der Waals surface area contributed by atoms with E-state index in [9.17, 15) is 0 Å². The van der Waals surface area contributed by atoms with Gasteiger partial charge in [-0.3, -0.25) is 0 Å². The molecule has 0 spiro atoms. The van der Waals surface area contributed by atoms with E-state index >= 15 is 0 Å². The van der Waals surface area contributed by atoms with Gasteiger partial charge in [0, 0.05) is 5.39 Å². The molecule has 5 heteroatoms. The first-order valence-electron chi connectivity index (χ1n) is 18.7. The summed E-state index contributed by atoms with van der Waals surface area (Å²) in [4.78, 5) is 0. The highest BCUT2D eigenvalue weighted by Crippen LogP contribution is 2.55. The lowest BCUT2D eigenvalue weighted by atomic mass is 9.81. The molecule has 0 radical (unpaired) electrons. The Labute approximate surface area is 296 Å². The Morgan fingerprint density at radius 1 is 0.571 bits per heavy atom. The molecule has 49 heavy (non-hydrogen) atoms. The molecule has 5 aromatic rings. The van der Waals surface area contributed by atoms with Crippen LogP contribution in [0.2, 0.25) is 0 Å². The molecule has 0 aliphatic heterocycles. The van der Waals surface area contributed by atoms with Crippen LogP contribution in [0.5, 0.6) is 5.75 Å². The fourth-order valence-electron chi connectivity index (χ4n) is 8.04. The van der Waals surface area contributed by atoms with Gasteiger partial charge in [0.05, 0.1) is 0 Å². The maximum Gasteiger partial charge on any atom is 0.707 e. The Morgan fingerprint density at radius 2 is 1.08 bits per heavy atom. The van der Waals surface area contributed by atoms with Crippen LogP contribution >= 0.6 is 7.92 Å². The lowest BCUT2D eigenvalue weighted by Crippen LogP contribution is -2.28. The van der Waals surface area contributed by atoms with E-state index in [1.807, 2.05) is 30.3 Å². The minimum atomic E-state index is -1.83. The molecule has 0 heterocycles. The van der Waals surface area contributed by atoms with Crippen molar-refractivity contribution in [1.82, 2.24) is 0 Å². The van der Waals surface area contributed by atoms with Crippen LogP contribution in [0.25, 0.3) is 32.3 Å². The molecule has 2 aliphatic rings. The molecule has 0 saturated heterocycles. The van der Waals surface area contributed by atoms with Crippen LogP contribution in [0.4, 0.5) is 0 Å². The summed E-state index contributed by atoms with van der Waals surface area (Å²) in [6.07, 6.45) is 14.8. The van der Waals surface area contributed by atoms with E-state index in [-0.39, 0.29) is 18.8 Å². The first-order chi connectivity index (χ1) is 23.4. The summed E-state index contributed by atoms with van der Waals surface area (Å²) in [5.41, 5.74) is 5.56. The summed E-state index contributed by atoms with van der Waals surface area (Å²) in [6.45, 7) is 14.3. The smallest absolute Gasteiger partial charge is 0.511 e. The van der Waals surface area contributed by atoms with E-state index in [0.717, 1.165) is 38.2 Å². The van der Waals surface area contributed by atoms with Gasteiger partial charge < -0.3 is 14.7 Å². The number of fused-ring (bicyclic) bond motifs is 4. The van der Waals surface area contributed by atoms with Crippen molar-refractivity contribution in [2.24, 2.45) is 0 Å². The number of hydrogen-bond acceptors (Lipinski definition) is 3. The predicted octanol–water partition coefficient (Wildman–Crippen LogP) is 11.5. The van der Waals surface area contributed by atoms with Gasteiger partial charge in [-0.05, 0) is 109 Å². The second kappa shape index (κ2) is 15.1. The minimum Gasteiger partial charge on any atom is -0.511 e. The Balaban J connectivity index is 0.000000173. The van der Waals surface area contributed by atoms with Crippen LogP contribution in [0, 0.1) is 0 Å². The quantitative estimate of drug-likeness (QED) is 0.0844. The van der Waals surface area contributed by atoms with Gasteiger partial charge in [-0.15, -0.1) is 0 Å². The zero-order chi connectivity index (χ0) is 34.8.